The Labute approximate surface area is 242 Å². The third-order valence-corrected chi connectivity index (χ3v) is 8.10. The Hall–Kier alpha value is -4.50. The van der Waals surface area contributed by atoms with E-state index in [0.29, 0.717) is 55.7 Å². The third-order valence-electron chi connectivity index (χ3n) is 7.08. The van der Waals surface area contributed by atoms with Crippen molar-refractivity contribution in [3.63, 3.8) is 0 Å². The van der Waals surface area contributed by atoms with Crippen molar-refractivity contribution in [3.8, 4) is 23.0 Å². The van der Waals surface area contributed by atoms with Gasteiger partial charge in [-0.05, 0) is 57.2 Å². The second kappa shape index (κ2) is 11.9. The maximum Gasteiger partial charge on any atom is 0.321 e. The van der Waals surface area contributed by atoms with Gasteiger partial charge in [-0.15, -0.1) is 0 Å². The van der Waals surface area contributed by atoms with E-state index in [0.717, 1.165) is 27.1 Å². The van der Waals surface area contributed by atoms with E-state index in [1.54, 1.807) is 24.9 Å². The van der Waals surface area contributed by atoms with Crippen molar-refractivity contribution in [1.29, 1.82) is 0 Å². The molecule has 1 aliphatic heterocycles. The molecule has 0 saturated carbocycles. The number of urea groups is 1. The second-order valence-electron chi connectivity index (χ2n) is 10.1. The zero-order chi connectivity index (χ0) is 29.0. The SMILES string of the molecule is CCNC(=O)Nc1nc2cc(-c3cnc(N4CCC(C)(C(=O)OCC)CC4)nc3)cc(C#Cc3cncn3C)c2s1. The summed E-state index contributed by atoms with van der Waals surface area (Å²) in [6, 6.07) is 3.64. The van der Waals surface area contributed by atoms with E-state index in [1.165, 1.54) is 11.3 Å². The van der Waals surface area contributed by atoms with Crippen LogP contribution in [0.15, 0.2) is 37.1 Å². The number of hydrogen-bond donors (Lipinski definition) is 2. The minimum absolute atomic E-state index is 0.139. The first-order valence-corrected chi connectivity index (χ1v) is 14.3. The van der Waals surface area contributed by atoms with Gasteiger partial charge in [0, 0.05) is 50.2 Å². The highest BCUT2D eigenvalue weighted by Crippen LogP contribution is 2.35. The molecule has 2 N–H and O–H groups in total. The van der Waals surface area contributed by atoms with Crippen LogP contribution in [0.4, 0.5) is 15.9 Å². The molecule has 0 bridgehead atoms. The molecule has 0 aliphatic carbocycles. The van der Waals surface area contributed by atoms with Gasteiger partial charge < -0.3 is 19.5 Å². The number of ether oxygens (including phenoxy) is 1. The first-order valence-electron chi connectivity index (χ1n) is 13.5. The summed E-state index contributed by atoms with van der Waals surface area (Å²) >= 11 is 1.37. The minimum atomic E-state index is -0.479. The number of aromatic nitrogens is 5. The number of hydrogen-bond acceptors (Lipinski definition) is 9. The number of carbonyl (C=O) groups is 2. The molecule has 1 aromatic carbocycles. The maximum atomic E-state index is 12.4. The van der Waals surface area contributed by atoms with Crippen molar-refractivity contribution in [2.75, 3.05) is 36.5 Å². The zero-order valence-corrected chi connectivity index (χ0v) is 24.3. The van der Waals surface area contributed by atoms with Crippen LogP contribution < -0.4 is 15.5 Å². The summed E-state index contributed by atoms with van der Waals surface area (Å²) in [5, 5.41) is 6.00. The van der Waals surface area contributed by atoms with Gasteiger partial charge in [-0.2, -0.15) is 0 Å². The van der Waals surface area contributed by atoms with Crippen LogP contribution in [0.25, 0.3) is 21.3 Å². The van der Waals surface area contributed by atoms with E-state index < -0.39 is 5.41 Å². The quantitative estimate of drug-likeness (QED) is 0.260. The number of rotatable bonds is 6. The zero-order valence-electron chi connectivity index (χ0n) is 23.5. The Kier molecular flexibility index (Phi) is 8.16. The van der Waals surface area contributed by atoms with Crippen molar-refractivity contribution in [2.24, 2.45) is 12.5 Å². The van der Waals surface area contributed by atoms with E-state index in [2.05, 4.69) is 47.3 Å². The molecular weight excluding hydrogens is 540 g/mol. The highest BCUT2D eigenvalue weighted by atomic mass is 32.1. The normalized spacial score (nSPS) is 14.3. The first-order chi connectivity index (χ1) is 19.8. The molecule has 3 aromatic heterocycles. The number of piperidine rings is 1. The van der Waals surface area contributed by atoms with Crippen LogP contribution in [-0.2, 0) is 16.6 Å². The Morgan fingerprint density at radius 2 is 1.85 bits per heavy atom. The lowest BCUT2D eigenvalue weighted by Gasteiger charge is -2.37. The molecule has 11 nitrogen and oxygen atoms in total. The Morgan fingerprint density at radius 1 is 1.10 bits per heavy atom. The van der Waals surface area contributed by atoms with Crippen LogP contribution >= 0.6 is 11.3 Å². The largest absolute Gasteiger partial charge is 0.466 e. The molecule has 12 heteroatoms. The number of carbonyl (C=O) groups excluding carboxylic acids is 2. The van der Waals surface area contributed by atoms with E-state index in [1.807, 2.05) is 44.5 Å². The van der Waals surface area contributed by atoms with Crippen molar-refractivity contribution in [2.45, 2.75) is 33.6 Å². The van der Waals surface area contributed by atoms with E-state index in [-0.39, 0.29) is 12.0 Å². The van der Waals surface area contributed by atoms with E-state index in [9.17, 15) is 9.59 Å². The number of aryl methyl sites for hydroxylation is 1. The van der Waals surface area contributed by atoms with E-state index in [4.69, 9.17) is 4.74 Å². The standard InChI is InChI=1S/C29H32N8O3S/c1-5-31-27(39)35-28-34-23-14-20(13-19(24(23)41-28)7-8-22-17-30-18-36(22)4)21-15-32-26(33-16-21)37-11-9-29(3,10-12-37)25(38)40-6-2/h13-18H,5-6,9-12H2,1-4H3,(H2,31,34,35,39). The topological polar surface area (TPSA) is 127 Å². The number of nitrogens with zero attached hydrogens (tertiary/aromatic N) is 6. The first kappa shape index (κ1) is 28.0. The van der Waals surface area contributed by atoms with Crippen LogP contribution in [0.3, 0.4) is 0 Å². The Morgan fingerprint density at radius 3 is 2.51 bits per heavy atom. The van der Waals surface area contributed by atoms with Gasteiger partial charge in [0.05, 0.1) is 34.8 Å². The summed E-state index contributed by atoms with van der Waals surface area (Å²) in [5.74, 6) is 6.94. The highest BCUT2D eigenvalue weighted by molar-refractivity contribution is 7.22. The molecular formula is C29H32N8O3S. The lowest BCUT2D eigenvalue weighted by Crippen LogP contribution is -2.44. The summed E-state index contributed by atoms with van der Waals surface area (Å²) < 4.78 is 7.99. The number of amides is 2. The number of imidazole rings is 1. The van der Waals surface area contributed by atoms with Gasteiger partial charge in [0.2, 0.25) is 5.95 Å². The highest BCUT2D eigenvalue weighted by Gasteiger charge is 2.38. The molecule has 4 aromatic rings. The predicted molar refractivity (Wildman–Crippen MR) is 159 cm³/mol. The minimum Gasteiger partial charge on any atom is -0.466 e. The van der Waals surface area contributed by atoms with Gasteiger partial charge in [-0.1, -0.05) is 17.3 Å². The fourth-order valence-electron chi connectivity index (χ4n) is 4.60. The fourth-order valence-corrected chi connectivity index (χ4v) is 5.51. The van der Waals surface area contributed by atoms with Crippen molar-refractivity contribution in [3.05, 3.63) is 48.3 Å². The van der Waals surface area contributed by atoms with Crippen LogP contribution in [-0.4, -0.2) is 62.7 Å². The second-order valence-corrected chi connectivity index (χ2v) is 11.1. The summed E-state index contributed by atoms with van der Waals surface area (Å²) in [5.41, 5.74) is 3.47. The van der Waals surface area contributed by atoms with Gasteiger partial charge in [0.15, 0.2) is 5.13 Å². The fraction of sp³-hybridized carbons (Fsp3) is 0.379. The van der Waals surface area contributed by atoms with Crippen LogP contribution in [0.1, 0.15) is 44.9 Å². The molecule has 0 unspecified atom stereocenters. The molecule has 0 radical (unpaired) electrons. The van der Waals surface area contributed by atoms with Crippen LogP contribution in [0.5, 0.6) is 0 Å². The lowest BCUT2D eigenvalue weighted by molar-refractivity contribution is -0.155. The number of benzene rings is 1. The van der Waals surface area contributed by atoms with Gasteiger partial charge in [-0.3, -0.25) is 10.1 Å². The summed E-state index contributed by atoms with van der Waals surface area (Å²) in [7, 11) is 1.89. The molecule has 0 atom stereocenters. The summed E-state index contributed by atoms with van der Waals surface area (Å²) in [6.45, 7) is 7.90. The number of fused-ring (bicyclic) bond motifs is 1. The third kappa shape index (κ3) is 6.15. The average molecular weight is 573 g/mol. The number of nitrogens with one attached hydrogen (secondary N) is 2. The lowest BCUT2D eigenvalue weighted by atomic mass is 9.80. The van der Waals surface area contributed by atoms with Gasteiger partial charge in [0.25, 0.3) is 0 Å². The predicted octanol–water partition coefficient (Wildman–Crippen LogP) is 4.20. The number of esters is 1. The molecule has 0 spiro atoms. The number of thiazole rings is 1. The molecule has 1 fully saturated rings. The van der Waals surface area contributed by atoms with E-state index >= 15 is 0 Å². The van der Waals surface area contributed by atoms with Gasteiger partial charge >= 0.3 is 12.0 Å². The molecule has 2 amide bonds. The average Bonchev–Trinajstić information content (AvgIpc) is 3.57. The van der Waals surface area contributed by atoms with Gasteiger partial charge in [0.1, 0.15) is 5.69 Å². The molecule has 1 saturated heterocycles. The smallest absolute Gasteiger partial charge is 0.321 e. The number of anilines is 2. The van der Waals surface area contributed by atoms with Gasteiger partial charge in [-0.25, -0.2) is 24.7 Å². The Bertz CT molecular complexity index is 1630. The molecule has 5 rings (SSSR count). The Balaban J connectivity index is 1.42. The molecule has 41 heavy (non-hydrogen) atoms. The maximum absolute atomic E-state index is 12.4. The van der Waals surface area contributed by atoms with Crippen molar-refractivity contribution in [1.82, 2.24) is 29.8 Å². The summed E-state index contributed by atoms with van der Waals surface area (Å²) in [6.07, 6.45) is 8.37. The van der Waals surface area contributed by atoms with Crippen LogP contribution in [0, 0.1) is 17.3 Å². The van der Waals surface area contributed by atoms with Crippen LogP contribution in [0.2, 0.25) is 0 Å². The van der Waals surface area contributed by atoms with Crippen molar-refractivity contribution < 1.29 is 14.3 Å². The van der Waals surface area contributed by atoms with Crippen molar-refractivity contribution >= 4 is 44.6 Å². The molecule has 1 aliphatic rings. The monoisotopic (exact) mass is 572 g/mol. The molecule has 4 heterocycles. The summed E-state index contributed by atoms with van der Waals surface area (Å²) in [4.78, 5) is 44.7. The molecule has 212 valence electrons.